The summed E-state index contributed by atoms with van der Waals surface area (Å²) >= 11 is 0. The van der Waals surface area contributed by atoms with Crippen LogP contribution >= 0.6 is 0 Å². The molecule has 0 aromatic carbocycles. The molecule has 1 aromatic heterocycles. The van der Waals surface area contributed by atoms with Crippen LogP contribution in [0.1, 0.15) is 26.0 Å². The Bertz CT molecular complexity index is 243. The van der Waals surface area contributed by atoms with Gasteiger partial charge in [0.25, 0.3) is 6.43 Å². The second kappa shape index (κ2) is 3.65. The van der Waals surface area contributed by atoms with Gasteiger partial charge in [-0.2, -0.15) is 5.10 Å². The molecular weight excluding hydrogens is 162 g/mol. The van der Waals surface area contributed by atoms with Gasteiger partial charge in [-0.15, -0.1) is 0 Å². The first-order chi connectivity index (χ1) is 5.59. The van der Waals surface area contributed by atoms with E-state index >= 15 is 0 Å². The standard InChI is InChI=1S/C8H12F2N2/c1-6(2)5-12-4-3-7(11-12)8(9)10/h3-4,6,8H,5H2,1-2H3. The van der Waals surface area contributed by atoms with Crippen LogP contribution in [0.25, 0.3) is 0 Å². The third-order valence-electron chi connectivity index (χ3n) is 1.44. The lowest BCUT2D eigenvalue weighted by Crippen LogP contribution is -2.05. The fourth-order valence-electron chi connectivity index (χ4n) is 0.970. The van der Waals surface area contributed by atoms with Crippen molar-refractivity contribution in [3.05, 3.63) is 18.0 Å². The Balaban J connectivity index is 2.64. The highest BCUT2D eigenvalue weighted by atomic mass is 19.3. The molecule has 4 heteroatoms. The molecule has 0 aliphatic carbocycles. The second-order valence-corrected chi connectivity index (χ2v) is 3.16. The van der Waals surface area contributed by atoms with Gasteiger partial charge < -0.3 is 0 Å². The summed E-state index contributed by atoms with van der Waals surface area (Å²) in [5, 5.41) is 3.72. The zero-order chi connectivity index (χ0) is 9.14. The van der Waals surface area contributed by atoms with E-state index in [1.54, 1.807) is 10.9 Å². The Hall–Kier alpha value is -0.930. The number of aromatic nitrogens is 2. The molecule has 0 amide bonds. The summed E-state index contributed by atoms with van der Waals surface area (Å²) in [6, 6.07) is 1.35. The van der Waals surface area contributed by atoms with E-state index in [0.29, 0.717) is 12.5 Å². The summed E-state index contributed by atoms with van der Waals surface area (Å²) in [6.07, 6.45) is -0.875. The predicted molar refractivity (Wildman–Crippen MR) is 42.0 cm³/mol. The van der Waals surface area contributed by atoms with Crippen LogP contribution in [0, 0.1) is 5.92 Å². The predicted octanol–water partition coefficient (Wildman–Crippen LogP) is 2.48. The molecule has 1 heterocycles. The van der Waals surface area contributed by atoms with E-state index in [9.17, 15) is 8.78 Å². The van der Waals surface area contributed by atoms with E-state index in [2.05, 4.69) is 5.10 Å². The van der Waals surface area contributed by atoms with Crippen molar-refractivity contribution >= 4 is 0 Å². The topological polar surface area (TPSA) is 17.8 Å². The first kappa shape index (κ1) is 9.16. The van der Waals surface area contributed by atoms with Crippen molar-refractivity contribution in [2.24, 2.45) is 5.92 Å². The van der Waals surface area contributed by atoms with Crippen molar-refractivity contribution in [2.75, 3.05) is 0 Å². The van der Waals surface area contributed by atoms with Crippen LogP contribution in [0.3, 0.4) is 0 Å². The third kappa shape index (κ3) is 2.29. The normalized spacial score (nSPS) is 11.5. The molecule has 2 nitrogen and oxygen atoms in total. The maximum atomic E-state index is 12.0. The van der Waals surface area contributed by atoms with Gasteiger partial charge in [-0.25, -0.2) is 8.78 Å². The van der Waals surface area contributed by atoms with Crippen molar-refractivity contribution in [3.63, 3.8) is 0 Å². The molecule has 1 aromatic rings. The molecule has 0 aliphatic heterocycles. The molecule has 0 bridgehead atoms. The lowest BCUT2D eigenvalue weighted by Gasteiger charge is -2.03. The average molecular weight is 174 g/mol. The molecule has 0 unspecified atom stereocenters. The van der Waals surface area contributed by atoms with Crippen molar-refractivity contribution < 1.29 is 8.78 Å². The van der Waals surface area contributed by atoms with Gasteiger partial charge >= 0.3 is 0 Å². The Morgan fingerprint density at radius 2 is 2.17 bits per heavy atom. The lowest BCUT2D eigenvalue weighted by molar-refractivity contribution is 0.144. The summed E-state index contributed by atoms with van der Waals surface area (Å²) in [4.78, 5) is 0. The molecule has 0 radical (unpaired) electrons. The SMILES string of the molecule is CC(C)Cn1ccc(C(F)F)n1. The molecule has 0 saturated carbocycles. The molecule has 68 valence electrons. The van der Waals surface area contributed by atoms with E-state index < -0.39 is 6.43 Å². The van der Waals surface area contributed by atoms with E-state index in [-0.39, 0.29) is 5.69 Å². The van der Waals surface area contributed by atoms with E-state index in [0.717, 1.165) is 0 Å². The van der Waals surface area contributed by atoms with Crippen molar-refractivity contribution in [2.45, 2.75) is 26.8 Å². The highest BCUT2D eigenvalue weighted by molar-refractivity contribution is 4.99. The zero-order valence-electron chi connectivity index (χ0n) is 7.17. The highest BCUT2D eigenvalue weighted by Gasteiger charge is 2.10. The minimum absolute atomic E-state index is 0.143. The quantitative estimate of drug-likeness (QED) is 0.688. The lowest BCUT2D eigenvalue weighted by atomic mass is 10.2. The molecule has 0 atom stereocenters. The summed E-state index contributed by atoms with van der Waals surface area (Å²) in [5.74, 6) is 0.426. The van der Waals surface area contributed by atoms with Gasteiger partial charge in [-0.05, 0) is 12.0 Å². The van der Waals surface area contributed by atoms with E-state index in [1.165, 1.54) is 6.07 Å². The monoisotopic (exact) mass is 174 g/mol. The highest BCUT2D eigenvalue weighted by Crippen LogP contribution is 2.15. The molecule has 12 heavy (non-hydrogen) atoms. The summed E-state index contributed by atoms with van der Waals surface area (Å²) in [5.41, 5.74) is -0.143. The maximum absolute atomic E-state index is 12.0. The molecule has 0 saturated heterocycles. The molecule has 1 rings (SSSR count). The van der Waals surface area contributed by atoms with Gasteiger partial charge in [-0.1, -0.05) is 13.8 Å². The minimum atomic E-state index is -2.46. The molecular formula is C8H12F2N2. The number of nitrogens with zero attached hydrogens (tertiary/aromatic N) is 2. The Labute approximate surface area is 70.2 Å². The molecule has 0 fully saturated rings. The van der Waals surface area contributed by atoms with Gasteiger partial charge in [0.05, 0.1) is 0 Å². The van der Waals surface area contributed by atoms with Crippen molar-refractivity contribution in [1.29, 1.82) is 0 Å². The van der Waals surface area contributed by atoms with E-state index in [1.807, 2.05) is 13.8 Å². The fourth-order valence-corrected chi connectivity index (χ4v) is 0.970. The number of alkyl halides is 2. The third-order valence-corrected chi connectivity index (χ3v) is 1.44. The van der Waals surface area contributed by atoms with Crippen molar-refractivity contribution in [3.8, 4) is 0 Å². The van der Waals surface area contributed by atoms with E-state index in [4.69, 9.17) is 0 Å². The summed E-state index contributed by atoms with van der Waals surface area (Å²) in [7, 11) is 0. The van der Waals surface area contributed by atoms with Crippen LogP contribution in [0.15, 0.2) is 12.3 Å². The van der Waals surface area contributed by atoms with Crippen LogP contribution in [0.5, 0.6) is 0 Å². The molecule has 0 N–H and O–H groups in total. The number of halogens is 2. The number of rotatable bonds is 3. The van der Waals surface area contributed by atoms with Crippen LogP contribution in [0.2, 0.25) is 0 Å². The molecule has 0 aliphatic rings. The van der Waals surface area contributed by atoms with Crippen LogP contribution in [-0.4, -0.2) is 9.78 Å². The average Bonchev–Trinajstić information content (AvgIpc) is 2.34. The first-order valence-electron chi connectivity index (χ1n) is 3.91. The van der Waals surface area contributed by atoms with Gasteiger partial charge in [-0.3, -0.25) is 4.68 Å². The fraction of sp³-hybridized carbons (Fsp3) is 0.625. The number of hydrogen-bond donors (Lipinski definition) is 0. The Kier molecular flexibility index (Phi) is 2.78. The van der Waals surface area contributed by atoms with Gasteiger partial charge in [0.1, 0.15) is 5.69 Å². The van der Waals surface area contributed by atoms with Crippen LogP contribution < -0.4 is 0 Å². The van der Waals surface area contributed by atoms with Crippen LogP contribution in [-0.2, 0) is 6.54 Å². The van der Waals surface area contributed by atoms with Crippen molar-refractivity contribution in [1.82, 2.24) is 9.78 Å². The zero-order valence-corrected chi connectivity index (χ0v) is 7.17. The Morgan fingerprint density at radius 1 is 1.50 bits per heavy atom. The largest absolute Gasteiger partial charge is 0.282 e. The van der Waals surface area contributed by atoms with Gasteiger partial charge in [0.15, 0.2) is 0 Å². The molecule has 0 spiro atoms. The summed E-state index contributed by atoms with van der Waals surface area (Å²) in [6.45, 7) is 4.72. The summed E-state index contributed by atoms with van der Waals surface area (Å²) < 4.78 is 25.6. The van der Waals surface area contributed by atoms with Crippen LogP contribution in [0.4, 0.5) is 8.78 Å². The Morgan fingerprint density at radius 3 is 2.58 bits per heavy atom. The number of hydrogen-bond acceptors (Lipinski definition) is 1. The first-order valence-corrected chi connectivity index (χ1v) is 3.91. The smallest absolute Gasteiger partial charge is 0.272 e. The maximum Gasteiger partial charge on any atom is 0.282 e. The second-order valence-electron chi connectivity index (χ2n) is 3.16. The van der Waals surface area contributed by atoms with Gasteiger partial charge in [0.2, 0.25) is 0 Å². The van der Waals surface area contributed by atoms with Gasteiger partial charge in [0, 0.05) is 12.7 Å². The minimum Gasteiger partial charge on any atom is -0.272 e.